The topological polar surface area (TPSA) is 68.2 Å². The highest BCUT2D eigenvalue weighted by atomic mass is 35.5. The van der Waals surface area contributed by atoms with E-state index in [1.54, 1.807) is 25.2 Å². The predicted molar refractivity (Wildman–Crippen MR) is 85.9 cm³/mol. The van der Waals surface area contributed by atoms with Crippen LogP contribution in [0.1, 0.15) is 5.56 Å². The standard InChI is InChI=1S/C16H22ClNO5/c1-10-6-11(4-5-12(10)17)23-9-15(19)18(2)13-7-22-8-14(21-3)16(13)20/h4-6,13-14,16,20H,7-9H2,1-3H3/t13-,14-,16+/m1/s1. The Hall–Kier alpha value is -1.34. The van der Waals surface area contributed by atoms with Gasteiger partial charge in [-0.05, 0) is 30.7 Å². The Kier molecular flexibility index (Phi) is 6.24. The van der Waals surface area contributed by atoms with Gasteiger partial charge < -0.3 is 24.2 Å². The van der Waals surface area contributed by atoms with Crippen LogP contribution in [0.2, 0.25) is 5.02 Å². The van der Waals surface area contributed by atoms with Gasteiger partial charge in [0.1, 0.15) is 18.0 Å². The zero-order valence-corrected chi connectivity index (χ0v) is 14.2. The third-order valence-electron chi connectivity index (χ3n) is 4.03. The van der Waals surface area contributed by atoms with E-state index < -0.39 is 18.2 Å². The first-order chi connectivity index (χ1) is 10.9. The van der Waals surface area contributed by atoms with Gasteiger partial charge in [-0.1, -0.05) is 11.6 Å². The van der Waals surface area contributed by atoms with Gasteiger partial charge in [0.05, 0.1) is 19.3 Å². The molecule has 1 aliphatic rings. The summed E-state index contributed by atoms with van der Waals surface area (Å²) in [5.74, 6) is 0.325. The number of benzene rings is 1. The molecule has 0 bridgehead atoms. The fourth-order valence-electron chi connectivity index (χ4n) is 2.44. The molecule has 0 saturated carbocycles. The SMILES string of the molecule is CO[C@@H]1COC[C@@H](N(C)C(=O)COc2ccc(Cl)c(C)c2)[C@@H]1O. The number of aryl methyl sites for hydroxylation is 1. The number of rotatable bonds is 5. The molecule has 1 aromatic rings. The highest BCUT2D eigenvalue weighted by molar-refractivity contribution is 6.31. The van der Waals surface area contributed by atoms with Gasteiger partial charge in [-0.2, -0.15) is 0 Å². The summed E-state index contributed by atoms with van der Waals surface area (Å²) >= 11 is 5.95. The van der Waals surface area contributed by atoms with Crippen LogP contribution in [0, 0.1) is 6.92 Å². The average Bonchev–Trinajstić information content (AvgIpc) is 2.55. The Morgan fingerprint density at radius 1 is 1.48 bits per heavy atom. The van der Waals surface area contributed by atoms with Crippen molar-refractivity contribution in [2.45, 2.75) is 25.2 Å². The lowest BCUT2D eigenvalue weighted by Gasteiger charge is -2.38. The maximum absolute atomic E-state index is 12.3. The number of aliphatic hydroxyl groups excluding tert-OH is 1. The predicted octanol–water partition coefficient (Wildman–Crippen LogP) is 1.26. The zero-order chi connectivity index (χ0) is 17.0. The van der Waals surface area contributed by atoms with Crippen LogP contribution in [-0.4, -0.2) is 68.1 Å². The number of hydrogen-bond acceptors (Lipinski definition) is 5. The van der Waals surface area contributed by atoms with Gasteiger partial charge in [-0.3, -0.25) is 4.79 Å². The molecule has 1 saturated heterocycles. The van der Waals surface area contributed by atoms with E-state index >= 15 is 0 Å². The number of carbonyl (C=O) groups is 1. The molecule has 0 unspecified atom stereocenters. The van der Waals surface area contributed by atoms with Crippen LogP contribution in [0.4, 0.5) is 0 Å². The number of methoxy groups -OCH3 is 1. The van der Waals surface area contributed by atoms with E-state index in [2.05, 4.69) is 0 Å². The number of hydrogen-bond donors (Lipinski definition) is 1. The van der Waals surface area contributed by atoms with E-state index in [0.717, 1.165) is 5.56 Å². The second-order valence-corrected chi connectivity index (χ2v) is 5.98. The van der Waals surface area contributed by atoms with Crippen LogP contribution in [0.3, 0.4) is 0 Å². The number of aliphatic hydroxyl groups is 1. The number of ether oxygens (including phenoxy) is 3. The summed E-state index contributed by atoms with van der Waals surface area (Å²) in [4.78, 5) is 13.7. The minimum Gasteiger partial charge on any atom is -0.484 e. The Bertz CT molecular complexity index is 553. The Morgan fingerprint density at radius 3 is 2.87 bits per heavy atom. The minimum atomic E-state index is -0.791. The molecule has 1 aromatic carbocycles. The van der Waals surface area contributed by atoms with Crippen LogP contribution < -0.4 is 4.74 Å². The molecule has 0 aromatic heterocycles. The molecular formula is C16H22ClNO5. The molecule has 1 N–H and O–H groups in total. The van der Waals surface area contributed by atoms with Gasteiger partial charge in [0, 0.05) is 19.2 Å². The van der Waals surface area contributed by atoms with E-state index in [1.165, 1.54) is 12.0 Å². The van der Waals surface area contributed by atoms with Crippen LogP contribution in [0.25, 0.3) is 0 Å². The quantitative estimate of drug-likeness (QED) is 0.871. The molecule has 6 nitrogen and oxygen atoms in total. The second kappa shape index (κ2) is 7.97. The Labute approximate surface area is 140 Å². The maximum Gasteiger partial charge on any atom is 0.260 e. The largest absolute Gasteiger partial charge is 0.484 e. The summed E-state index contributed by atoms with van der Waals surface area (Å²) in [6.45, 7) is 2.32. The molecule has 3 atom stereocenters. The van der Waals surface area contributed by atoms with Gasteiger partial charge in [-0.15, -0.1) is 0 Å². The van der Waals surface area contributed by atoms with Crippen molar-refractivity contribution >= 4 is 17.5 Å². The summed E-state index contributed by atoms with van der Waals surface area (Å²) in [5, 5.41) is 10.9. The molecule has 128 valence electrons. The maximum atomic E-state index is 12.3. The Balaban J connectivity index is 1.92. The summed E-state index contributed by atoms with van der Waals surface area (Å²) in [5.41, 5.74) is 0.879. The van der Waals surface area contributed by atoms with Gasteiger partial charge in [0.2, 0.25) is 0 Å². The third-order valence-corrected chi connectivity index (χ3v) is 4.46. The summed E-state index contributed by atoms with van der Waals surface area (Å²) in [6.07, 6.45) is -1.23. The average molecular weight is 344 g/mol. The van der Waals surface area contributed by atoms with E-state index in [9.17, 15) is 9.90 Å². The fraction of sp³-hybridized carbons (Fsp3) is 0.562. The van der Waals surface area contributed by atoms with Gasteiger partial charge in [0.15, 0.2) is 6.61 Å². The van der Waals surface area contributed by atoms with Crippen molar-refractivity contribution < 1.29 is 24.1 Å². The first-order valence-corrected chi connectivity index (χ1v) is 7.75. The van der Waals surface area contributed by atoms with Crippen molar-refractivity contribution in [3.63, 3.8) is 0 Å². The Morgan fingerprint density at radius 2 is 2.22 bits per heavy atom. The van der Waals surface area contributed by atoms with Crippen molar-refractivity contribution in [1.82, 2.24) is 4.90 Å². The molecule has 1 heterocycles. The van der Waals surface area contributed by atoms with Crippen molar-refractivity contribution in [2.75, 3.05) is 34.0 Å². The lowest BCUT2D eigenvalue weighted by Crippen LogP contribution is -2.57. The van der Waals surface area contributed by atoms with E-state index in [0.29, 0.717) is 17.4 Å². The van der Waals surface area contributed by atoms with Crippen LogP contribution in [-0.2, 0) is 14.3 Å². The first kappa shape index (κ1) is 18.0. The lowest BCUT2D eigenvalue weighted by molar-refractivity contribution is -0.159. The van der Waals surface area contributed by atoms with E-state index in [1.807, 2.05) is 6.92 Å². The number of likely N-dealkylation sites (N-methyl/N-ethyl adjacent to an activating group) is 1. The number of amides is 1. The molecule has 1 amide bonds. The minimum absolute atomic E-state index is 0.127. The number of nitrogens with zero attached hydrogens (tertiary/aromatic N) is 1. The molecule has 0 spiro atoms. The number of halogens is 1. The van der Waals surface area contributed by atoms with Gasteiger partial charge in [0.25, 0.3) is 5.91 Å². The van der Waals surface area contributed by atoms with E-state index in [4.69, 9.17) is 25.8 Å². The van der Waals surface area contributed by atoms with Gasteiger partial charge >= 0.3 is 0 Å². The van der Waals surface area contributed by atoms with Crippen LogP contribution in [0.15, 0.2) is 18.2 Å². The normalized spacial score (nSPS) is 24.3. The molecule has 7 heteroatoms. The highest BCUT2D eigenvalue weighted by Crippen LogP contribution is 2.21. The van der Waals surface area contributed by atoms with Crippen LogP contribution in [0.5, 0.6) is 5.75 Å². The molecule has 1 aliphatic heterocycles. The summed E-state index contributed by atoms with van der Waals surface area (Å²) in [6, 6.07) is 4.75. The third kappa shape index (κ3) is 4.35. The molecular weight excluding hydrogens is 322 g/mol. The summed E-state index contributed by atoms with van der Waals surface area (Å²) in [7, 11) is 3.13. The monoisotopic (exact) mass is 343 g/mol. The highest BCUT2D eigenvalue weighted by Gasteiger charge is 2.37. The molecule has 1 fully saturated rings. The van der Waals surface area contributed by atoms with Gasteiger partial charge in [-0.25, -0.2) is 0 Å². The number of carbonyl (C=O) groups excluding carboxylic acids is 1. The van der Waals surface area contributed by atoms with Crippen LogP contribution >= 0.6 is 11.6 Å². The first-order valence-electron chi connectivity index (χ1n) is 7.37. The van der Waals surface area contributed by atoms with Crippen molar-refractivity contribution in [3.8, 4) is 5.75 Å². The zero-order valence-electron chi connectivity index (χ0n) is 13.5. The molecule has 0 radical (unpaired) electrons. The lowest BCUT2D eigenvalue weighted by atomic mass is 10.0. The van der Waals surface area contributed by atoms with Crippen molar-refractivity contribution in [1.29, 1.82) is 0 Å². The second-order valence-electron chi connectivity index (χ2n) is 5.57. The fourth-order valence-corrected chi connectivity index (χ4v) is 2.55. The summed E-state index contributed by atoms with van der Waals surface area (Å²) < 4.78 is 16.0. The van der Waals surface area contributed by atoms with Crippen molar-refractivity contribution in [3.05, 3.63) is 28.8 Å². The molecule has 2 rings (SSSR count). The van der Waals surface area contributed by atoms with Crippen molar-refractivity contribution in [2.24, 2.45) is 0 Å². The molecule has 23 heavy (non-hydrogen) atoms. The smallest absolute Gasteiger partial charge is 0.260 e. The van der Waals surface area contributed by atoms with E-state index in [-0.39, 0.29) is 19.1 Å². The molecule has 0 aliphatic carbocycles.